The molecule has 0 spiro atoms. The molecule has 0 heterocycles. The molecular weight excluding hydrogens is 238 g/mol. The minimum Gasteiger partial charge on any atom is -0.465 e. The lowest BCUT2D eigenvalue weighted by Crippen LogP contribution is -2.55. The van der Waals surface area contributed by atoms with E-state index in [4.69, 9.17) is 4.74 Å². The highest BCUT2D eigenvalue weighted by Crippen LogP contribution is 2.31. The van der Waals surface area contributed by atoms with Crippen LogP contribution in [0.3, 0.4) is 0 Å². The Balaban J connectivity index is 2.20. The van der Waals surface area contributed by atoms with Crippen molar-refractivity contribution >= 4 is 5.97 Å². The quantitative estimate of drug-likeness (QED) is 0.827. The first-order chi connectivity index (χ1) is 9.07. The fourth-order valence-corrected chi connectivity index (χ4v) is 2.63. The Morgan fingerprint density at radius 2 is 1.89 bits per heavy atom. The molecule has 3 nitrogen and oxygen atoms in total. The normalized spacial score (nSPS) is 16.4. The van der Waals surface area contributed by atoms with E-state index >= 15 is 0 Å². The number of carbonyl (C=O) groups excluding carboxylic acids is 1. The standard InChI is InChI=1S/C16H23NO2/c1-4-19-15(18)16(17-11-12(2)3)9-13-7-5-6-8-14(13)10-16/h5-8,12,17H,4,9-11H2,1-3H3. The highest BCUT2D eigenvalue weighted by atomic mass is 16.5. The number of nitrogens with one attached hydrogen (secondary N) is 1. The smallest absolute Gasteiger partial charge is 0.327 e. The van der Waals surface area contributed by atoms with Crippen LogP contribution in [-0.4, -0.2) is 24.7 Å². The Bertz CT molecular complexity index is 429. The Morgan fingerprint density at radius 1 is 1.32 bits per heavy atom. The molecule has 1 aliphatic rings. The minimum atomic E-state index is -0.566. The number of ether oxygens (including phenoxy) is 1. The van der Waals surface area contributed by atoms with Gasteiger partial charge in [0.05, 0.1) is 6.61 Å². The van der Waals surface area contributed by atoms with Gasteiger partial charge in [-0.25, -0.2) is 0 Å². The SMILES string of the molecule is CCOC(=O)C1(NCC(C)C)Cc2ccccc2C1. The van der Waals surface area contributed by atoms with Gasteiger partial charge < -0.3 is 10.1 Å². The molecule has 0 aromatic heterocycles. The predicted octanol–water partition coefficient (Wildman–Crippen LogP) is 2.33. The first-order valence-corrected chi connectivity index (χ1v) is 7.06. The van der Waals surface area contributed by atoms with Crippen LogP contribution in [0.25, 0.3) is 0 Å². The van der Waals surface area contributed by atoms with Gasteiger partial charge in [-0.1, -0.05) is 38.1 Å². The molecule has 1 aromatic carbocycles. The number of carbonyl (C=O) groups is 1. The van der Waals surface area contributed by atoms with Crippen LogP contribution in [-0.2, 0) is 22.4 Å². The number of fused-ring (bicyclic) bond motifs is 1. The molecule has 0 radical (unpaired) electrons. The van der Waals surface area contributed by atoms with Gasteiger partial charge >= 0.3 is 5.97 Å². The maximum atomic E-state index is 12.4. The fourth-order valence-electron chi connectivity index (χ4n) is 2.63. The summed E-state index contributed by atoms with van der Waals surface area (Å²) in [5, 5.41) is 3.45. The van der Waals surface area contributed by atoms with E-state index in [0.29, 0.717) is 12.5 Å². The lowest BCUT2D eigenvalue weighted by molar-refractivity contribution is -0.151. The Kier molecular flexibility index (Phi) is 4.25. The lowest BCUT2D eigenvalue weighted by Gasteiger charge is -2.29. The summed E-state index contributed by atoms with van der Waals surface area (Å²) in [6.07, 6.45) is 1.46. The average molecular weight is 261 g/mol. The molecule has 0 aliphatic heterocycles. The number of hydrogen-bond acceptors (Lipinski definition) is 3. The van der Waals surface area contributed by atoms with Crippen LogP contribution >= 0.6 is 0 Å². The van der Waals surface area contributed by atoms with Gasteiger partial charge in [0.1, 0.15) is 5.54 Å². The van der Waals surface area contributed by atoms with Crippen LogP contribution in [0.1, 0.15) is 31.9 Å². The van der Waals surface area contributed by atoms with Gasteiger partial charge in [-0.2, -0.15) is 0 Å². The highest BCUT2D eigenvalue weighted by molar-refractivity contribution is 5.83. The van der Waals surface area contributed by atoms with Gasteiger partial charge in [0, 0.05) is 12.8 Å². The van der Waals surface area contributed by atoms with Crippen LogP contribution in [0, 0.1) is 5.92 Å². The van der Waals surface area contributed by atoms with E-state index in [1.165, 1.54) is 11.1 Å². The molecule has 0 atom stereocenters. The summed E-state index contributed by atoms with van der Waals surface area (Å²) in [5.41, 5.74) is 1.95. The molecule has 0 saturated carbocycles. The summed E-state index contributed by atoms with van der Waals surface area (Å²) in [6.45, 7) is 7.41. The van der Waals surface area contributed by atoms with Crippen molar-refractivity contribution in [2.24, 2.45) is 5.92 Å². The van der Waals surface area contributed by atoms with E-state index in [1.807, 2.05) is 19.1 Å². The molecular formula is C16H23NO2. The molecule has 0 saturated heterocycles. The van der Waals surface area contributed by atoms with E-state index < -0.39 is 5.54 Å². The Morgan fingerprint density at radius 3 is 2.37 bits per heavy atom. The Labute approximate surface area is 115 Å². The van der Waals surface area contributed by atoms with E-state index in [9.17, 15) is 4.79 Å². The molecule has 104 valence electrons. The monoisotopic (exact) mass is 261 g/mol. The van der Waals surface area contributed by atoms with Crippen molar-refractivity contribution in [2.45, 2.75) is 39.2 Å². The molecule has 2 rings (SSSR count). The summed E-state index contributed by atoms with van der Waals surface area (Å²) in [4.78, 5) is 12.4. The minimum absolute atomic E-state index is 0.119. The van der Waals surface area contributed by atoms with Crippen LogP contribution in [0.2, 0.25) is 0 Å². The third-order valence-electron chi connectivity index (χ3n) is 3.62. The summed E-state index contributed by atoms with van der Waals surface area (Å²) >= 11 is 0. The molecule has 0 unspecified atom stereocenters. The fraction of sp³-hybridized carbons (Fsp3) is 0.562. The Hall–Kier alpha value is -1.35. The average Bonchev–Trinajstić information content (AvgIpc) is 2.76. The number of rotatable bonds is 5. The van der Waals surface area contributed by atoms with E-state index in [1.54, 1.807) is 0 Å². The summed E-state index contributed by atoms with van der Waals surface area (Å²) < 4.78 is 5.29. The highest BCUT2D eigenvalue weighted by Gasteiger charge is 2.44. The second-order valence-electron chi connectivity index (χ2n) is 5.70. The van der Waals surface area contributed by atoms with Crippen LogP contribution in [0.15, 0.2) is 24.3 Å². The maximum Gasteiger partial charge on any atom is 0.327 e. The van der Waals surface area contributed by atoms with Gasteiger partial charge in [0.2, 0.25) is 0 Å². The zero-order chi connectivity index (χ0) is 13.9. The molecule has 1 aliphatic carbocycles. The third-order valence-corrected chi connectivity index (χ3v) is 3.62. The summed E-state index contributed by atoms with van der Waals surface area (Å²) in [7, 11) is 0. The van der Waals surface area contributed by atoms with Crippen molar-refractivity contribution in [3.05, 3.63) is 35.4 Å². The predicted molar refractivity (Wildman–Crippen MR) is 76.1 cm³/mol. The van der Waals surface area contributed by atoms with E-state index in [0.717, 1.165) is 19.4 Å². The van der Waals surface area contributed by atoms with Crippen molar-refractivity contribution < 1.29 is 9.53 Å². The zero-order valence-corrected chi connectivity index (χ0v) is 12.0. The molecule has 1 aromatic rings. The number of benzene rings is 1. The second kappa shape index (κ2) is 5.74. The van der Waals surface area contributed by atoms with Crippen LogP contribution < -0.4 is 5.32 Å². The van der Waals surface area contributed by atoms with Gasteiger partial charge in [-0.15, -0.1) is 0 Å². The van der Waals surface area contributed by atoms with Crippen molar-refractivity contribution in [2.75, 3.05) is 13.2 Å². The van der Waals surface area contributed by atoms with Crippen molar-refractivity contribution in [3.63, 3.8) is 0 Å². The number of hydrogen-bond donors (Lipinski definition) is 1. The van der Waals surface area contributed by atoms with E-state index in [-0.39, 0.29) is 5.97 Å². The largest absolute Gasteiger partial charge is 0.465 e. The molecule has 3 heteroatoms. The number of esters is 1. The van der Waals surface area contributed by atoms with Gasteiger partial charge in [-0.3, -0.25) is 4.79 Å². The van der Waals surface area contributed by atoms with Crippen LogP contribution in [0.4, 0.5) is 0 Å². The maximum absolute atomic E-state index is 12.4. The van der Waals surface area contributed by atoms with Gasteiger partial charge in [-0.05, 0) is 30.5 Å². The molecule has 19 heavy (non-hydrogen) atoms. The van der Waals surface area contributed by atoms with Crippen molar-refractivity contribution in [1.82, 2.24) is 5.32 Å². The molecule has 1 N–H and O–H groups in total. The zero-order valence-electron chi connectivity index (χ0n) is 12.0. The second-order valence-corrected chi connectivity index (χ2v) is 5.70. The summed E-state index contributed by atoms with van der Waals surface area (Å²) in [5.74, 6) is 0.391. The summed E-state index contributed by atoms with van der Waals surface area (Å²) in [6, 6.07) is 8.27. The van der Waals surface area contributed by atoms with E-state index in [2.05, 4.69) is 31.3 Å². The lowest BCUT2D eigenvalue weighted by atomic mass is 9.95. The molecule has 0 bridgehead atoms. The van der Waals surface area contributed by atoms with Crippen molar-refractivity contribution in [3.8, 4) is 0 Å². The first-order valence-electron chi connectivity index (χ1n) is 7.06. The first kappa shape index (κ1) is 14.1. The topological polar surface area (TPSA) is 38.3 Å². The van der Waals surface area contributed by atoms with Gasteiger partial charge in [0.15, 0.2) is 0 Å². The third kappa shape index (κ3) is 2.98. The van der Waals surface area contributed by atoms with Gasteiger partial charge in [0.25, 0.3) is 0 Å². The molecule has 0 amide bonds. The van der Waals surface area contributed by atoms with Crippen LogP contribution in [0.5, 0.6) is 0 Å². The molecule has 0 fully saturated rings. The van der Waals surface area contributed by atoms with Crippen molar-refractivity contribution in [1.29, 1.82) is 0 Å².